The molecule has 1 saturated heterocycles. The highest BCUT2D eigenvalue weighted by molar-refractivity contribution is 7.15. The molecule has 31 heteroatoms. The fourth-order valence-electron chi connectivity index (χ4n) is 11.7. The number of methoxy groups -OCH3 is 1. The van der Waals surface area contributed by atoms with E-state index < -0.39 is 90.6 Å². The molecule has 95 heavy (non-hydrogen) atoms. The van der Waals surface area contributed by atoms with Crippen LogP contribution in [-0.4, -0.2) is 141 Å². The molecule has 0 radical (unpaired) electrons. The number of carboxylic acids is 1. The highest BCUT2D eigenvalue weighted by atomic mass is 32.1. The van der Waals surface area contributed by atoms with Gasteiger partial charge in [-0.15, -0.1) is 68.0 Å². The Kier molecular flexibility index (Phi) is 19.9. The number of carbonyl (C=O) groups excluding carboxylic acids is 7. The number of thiazole rings is 6. The van der Waals surface area contributed by atoms with Crippen molar-refractivity contribution in [2.24, 2.45) is 17.6 Å². The molecule has 7 atom stereocenters. The number of hydrogen-bond acceptors (Lipinski definition) is 25. The molecule has 8 N–H and O–H groups in total. The van der Waals surface area contributed by atoms with Crippen molar-refractivity contribution < 1.29 is 63.1 Å². The average Bonchev–Trinajstić information content (AvgIpc) is 1.66. The lowest BCUT2D eigenvalue weighted by molar-refractivity contribution is -0.146. The minimum Gasteiger partial charge on any atom is -0.482 e. The quantitative estimate of drug-likeness (QED) is 0.0532. The summed E-state index contributed by atoms with van der Waals surface area (Å²) in [6.07, 6.45) is -0.811. The van der Waals surface area contributed by atoms with E-state index in [1.165, 1.54) is 51.4 Å². The van der Waals surface area contributed by atoms with E-state index in [1.807, 2.05) is 0 Å². The van der Waals surface area contributed by atoms with Crippen LogP contribution in [0.5, 0.6) is 5.75 Å². The summed E-state index contributed by atoms with van der Waals surface area (Å²) < 4.78 is 10.3. The Morgan fingerprint density at radius 3 is 2.11 bits per heavy atom. The van der Waals surface area contributed by atoms with E-state index in [-0.39, 0.29) is 81.8 Å². The first-order valence-corrected chi connectivity index (χ1v) is 35.2. The molecule has 1 aliphatic carbocycles. The summed E-state index contributed by atoms with van der Waals surface area (Å²) in [5, 5.41) is 52.1. The van der Waals surface area contributed by atoms with Crippen molar-refractivity contribution in [3.8, 4) is 49.1 Å². The van der Waals surface area contributed by atoms with Crippen molar-refractivity contribution >= 4 is 115 Å². The predicted octanol–water partition coefficient (Wildman–Crippen LogP) is 8.39. The van der Waals surface area contributed by atoms with Gasteiger partial charge < -0.3 is 51.4 Å². The zero-order valence-electron chi connectivity index (χ0n) is 50.8. The molecule has 490 valence electrons. The molecule has 9 heterocycles. The topological polar surface area (TPSA) is 371 Å². The SMILES string of the molecule is COC(=O)C1CCC(NC(=O)c2csc(-c3ccc4c(n3)-c3csc(n3)-c3csc(n3)[C@@H]3[C@@H](C)[C@@H](O)CN3C(=O)[C@H](Cc3ccc(OCC(=O)O)cc3)NC(=O)c3csc(n3)[C@H]([C@H](O)c3ccccc3)CC(=O)c3nc(sc3C)[C@H](CC(N)=O)NC(=O)c3csc-4n3)n2)CC1. The van der Waals surface area contributed by atoms with Gasteiger partial charge in [0, 0.05) is 74.6 Å². The molecule has 25 nitrogen and oxygen atoms in total. The van der Waals surface area contributed by atoms with Gasteiger partial charge in [-0.3, -0.25) is 33.6 Å². The van der Waals surface area contributed by atoms with Gasteiger partial charge in [0.1, 0.15) is 76.7 Å². The van der Waals surface area contributed by atoms with Crippen LogP contribution in [0.2, 0.25) is 0 Å². The molecule has 2 fully saturated rings. The molecular weight excluding hydrogens is 1340 g/mol. The number of amides is 5. The number of primary amides is 1. The lowest BCUT2D eigenvalue weighted by atomic mass is 9.86. The van der Waals surface area contributed by atoms with E-state index in [1.54, 1.807) is 102 Å². The minimum absolute atomic E-state index is 0.00601. The number of nitrogens with two attached hydrogens (primary N) is 1. The Hall–Kier alpha value is -8.95. The number of benzene rings is 2. The number of ether oxygens (including phenoxy) is 2. The normalized spacial score (nSPS) is 21.2. The van der Waals surface area contributed by atoms with Crippen LogP contribution in [0, 0.1) is 18.8 Å². The summed E-state index contributed by atoms with van der Waals surface area (Å²) in [6, 6.07) is 15.1. The van der Waals surface area contributed by atoms with E-state index in [0.717, 1.165) is 34.0 Å². The fraction of sp³-hybridized carbons (Fsp3) is 0.328. The molecule has 1 saturated carbocycles. The van der Waals surface area contributed by atoms with Gasteiger partial charge in [-0.05, 0) is 68.0 Å². The Labute approximate surface area is 565 Å². The molecular formula is C64H60N12O13S6. The predicted molar refractivity (Wildman–Crippen MR) is 354 cm³/mol. The number of aryl methyl sites for hydroxylation is 1. The average molecular weight is 1400 g/mol. The van der Waals surface area contributed by atoms with E-state index in [0.29, 0.717) is 90.1 Å². The van der Waals surface area contributed by atoms with Crippen molar-refractivity contribution in [1.29, 1.82) is 0 Å². The monoisotopic (exact) mass is 1400 g/mol. The van der Waals surface area contributed by atoms with Crippen LogP contribution in [-0.2, 0) is 30.3 Å². The number of Topliss-reactive ketones (excluding diaryl/α,β-unsaturated/α-hetero) is 1. The van der Waals surface area contributed by atoms with Crippen molar-refractivity contribution in [1.82, 2.24) is 55.7 Å². The summed E-state index contributed by atoms with van der Waals surface area (Å²) in [5.41, 5.74) is 8.89. The number of ketones is 1. The second-order valence-corrected chi connectivity index (χ2v) is 28.6. The maximum atomic E-state index is 15.4. The smallest absolute Gasteiger partial charge is 0.341 e. The number of aromatic nitrogens is 7. The third-order valence-corrected chi connectivity index (χ3v) is 22.3. The molecule has 7 aromatic heterocycles. The number of rotatable bonds is 13. The van der Waals surface area contributed by atoms with Gasteiger partial charge in [0.15, 0.2) is 12.4 Å². The van der Waals surface area contributed by atoms with E-state index in [4.69, 9.17) is 50.1 Å². The van der Waals surface area contributed by atoms with Gasteiger partial charge >= 0.3 is 11.9 Å². The first-order chi connectivity index (χ1) is 45.7. The first kappa shape index (κ1) is 66.1. The van der Waals surface area contributed by atoms with Gasteiger partial charge in [0.25, 0.3) is 17.7 Å². The number of aliphatic hydroxyl groups excluding tert-OH is 2. The number of nitrogens with one attached hydrogen (secondary N) is 3. The summed E-state index contributed by atoms with van der Waals surface area (Å²) in [6.45, 7) is 2.76. The lowest BCUT2D eigenvalue weighted by Crippen LogP contribution is -2.50. The van der Waals surface area contributed by atoms with Gasteiger partial charge in [-0.25, -0.2) is 39.7 Å². The third kappa shape index (κ3) is 14.7. The number of hydrogen-bond donors (Lipinski definition) is 7. The van der Waals surface area contributed by atoms with Crippen LogP contribution in [0.1, 0.15) is 143 Å². The molecule has 0 spiro atoms. The van der Waals surface area contributed by atoms with Crippen molar-refractivity contribution in [3.63, 3.8) is 0 Å². The molecule has 0 unspecified atom stereocenters. The third-order valence-electron chi connectivity index (χ3n) is 16.7. The molecule has 10 bridgehead atoms. The molecule has 12 rings (SSSR count). The van der Waals surface area contributed by atoms with Crippen LogP contribution in [0.15, 0.2) is 93.6 Å². The first-order valence-electron chi connectivity index (χ1n) is 30.0. The number of pyridine rings is 1. The molecule has 5 amide bonds. The summed E-state index contributed by atoms with van der Waals surface area (Å²) >= 11 is 6.97. The zero-order valence-corrected chi connectivity index (χ0v) is 55.7. The maximum absolute atomic E-state index is 15.4. The van der Waals surface area contributed by atoms with Gasteiger partial charge in [0.05, 0.1) is 54.4 Å². The number of nitrogens with zero attached hydrogens (tertiary/aromatic N) is 8. The summed E-state index contributed by atoms with van der Waals surface area (Å²) in [5.74, 6) is -6.66. The van der Waals surface area contributed by atoms with Crippen molar-refractivity contribution in [2.75, 3.05) is 20.3 Å². The number of esters is 1. The van der Waals surface area contributed by atoms with Crippen LogP contribution >= 0.6 is 68.0 Å². The van der Waals surface area contributed by atoms with Crippen LogP contribution in [0.25, 0.3) is 43.4 Å². The highest BCUT2D eigenvalue weighted by Crippen LogP contribution is 2.44. The Balaban J connectivity index is 0.924. The van der Waals surface area contributed by atoms with Gasteiger partial charge in [-0.1, -0.05) is 49.4 Å². The molecule has 2 aromatic carbocycles. The fourth-order valence-corrected chi connectivity index (χ4v) is 17.1. The Morgan fingerprint density at radius 1 is 0.716 bits per heavy atom. The molecule has 9 aromatic rings. The number of carbonyl (C=O) groups is 8. The van der Waals surface area contributed by atoms with Crippen LogP contribution in [0.4, 0.5) is 0 Å². The standard InChI is InChI=1S/C64H60N12O13S6/c1-29-47(78)22-76-52(29)62-74-45(28-94-62)60-70-41(24-92-60)51-36(17-18-38(67-51)59-73-42(27-93-59)54(83)66-34-13-11-33(12-14-34)64(87)88-3)57-71-43(25-90-57)55(84)68-39(21-48(65)79)61-75-50(30(2)95-61)46(77)20-37(53(82)32-7-5-4-6-8-32)58-72-44(26-91-58)56(85)69-40(63(76)86)19-31-9-15-35(16-10-31)89-23-49(80)81/h4-10,15-18,24-29,33-34,37,39-40,47,52-53,78,82H,11-14,19-23H2,1-3H3,(H2,65,79)(H,66,83)(H,68,84)(H,69,85)(H,80,81)/t29-,33?,34?,37-,39-,40-,47-,52-,53+/m0/s1. The number of carboxylic acid groups (broad SMARTS) is 1. The largest absolute Gasteiger partial charge is 0.482 e. The number of aliphatic carboxylic acids is 1. The second kappa shape index (κ2) is 28.6. The molecule has 2 aliphatic heterocycles. The zero-order chi connectivity index (χ0) is 66.8. The second-order valence-electron chi connectivity index (χ2n) is 23.1. The lowest BCUT2D eigenvalue weighted by Gasteiger charge is -2.29. The Bertz CT molecular complexity index is 4380. The van der Waals surface area contributed by atoms with Crippen molar-refractivity contribution in [2.45, 2.75) is 101 Å². The summed E-state index contributed by atoms with van der Waals surface area (Å²) in [7, 11) is 1.37. The van der Waals surface area contributed by atoms with Crippen LogP contribution in [0.3, 0.4) is 0 Å². The van der Waals surface area contributed by atoms with Crippen molar-refractivity contribution in [3.05, 3.63) is 147 Å². The van der Waals surface area contributed by atoms with E-state index >= 15 is 4.79 Å². The number of aliphatic hydroxyl groups is 2. The van der Waals surface area contributed by atoms with E-state index in [9.17, 15) is 48.9 Å². The summed E-state index contributed by atoms with van der Waals surface area (Å²) in [4.78, 5) is 145. The van der Waals surface area contributed by atoms with Gasteiger partial charge in [-0.2, -0.15) is 0 Å². The minimum atomic E-state index is -1.33. The van der Waals surface area contributed by atoms with Gasteiger partial charge in [0.2, 0.25) is 11.8 Å². The highest BCUT2D eigenvalue weighted by Gasteiger charge is 2.46. The Morgan fingerprint density at radius 2 is 1.37 bits per heavy atom. The van der Waals surface area contributed by atoms with Crippen LogP contribution < -0.4 is 26.4 Å². The van der Waals surface area contributed by atoms with E-state index in [2.05, 4.69) is 16.0 Å². The number of fused-ring (bicyclic) bond motifs is 16. The molecule has 3 aliphatic rings. The maximum Gasteiger partial charge on any atom is 0.341 e.